The van der Waals surface area contributed by atoms with Crippen LogP contribution in [0.5, 0.6) is 5.75 Å². The second kappa shape index (κ2) is 7.02. The number of anilines is 1. The molecule has 0 aromatic heterocycles. The predicted octanol–water partition coefficient (Wildman–Crippen LogP) is 3.59. The maximum Gasteiger partial charge on any atom is 0.387 e. The third-order valence-corrected chi connectivity index (χ3v) is 2.76. The summed E-state index contributed by atoms with van der Waals surface area (Å²) in [5.74, 6) is -1.29. The molecule has 0 fully saturated rings. The summed E-state index contributed by atoms with van der Waals surface area (Å²) in [5.41, 5.74) is 0.151. The Morgan fingerprint density at radius 3 is 2.40 bits per heavy atom. The Morgan fingerprint density at radius 1 is 1.25 bits per heavy atom. The molecule has 1 atom stereocenters. The van der Waals surface area contributed by atoms with Gasteiger partial charge in [0.25, 0.3) is 0 Å². The maximum atomic E-state index is 13.4. The van der Waals surface area contributed by atoms with Crippen LogP contribution in [0.4, 0.5) is 23.7 Å². The fraction of sp³-hybridized carbons (Fsp3) is 0.462. The van der Waals surface area contributed by atoms with E-state index in [-0.39, 0.29) is 17.6 Å². The molecule has 2 N–H and O–H groups in total. The fourth-order valence-corrected chi connectivity index (χ4v) is 1.31. The molecule has 0 spiro atoms. The van der Waals surface area contributed by atoms with E-state index in [1.165, 1.54) is 6.07 Å². The zero-order valence-corrected chi connectivity index (χ0v) is 11.4. The van der Waals surface area contributed by atoms with Gasteiger partial charge in [-0.2, -0.15) is 8.78 Å². The number of carbonyl (C=O) groups is 1. The SMILES string of the molecule is CC(C)C(C)NC(=O)Nc1ccc(OC(F)F)c(F)c1. The molecule has 0 saturated heterocycles. The van der Waals surface area contributed by atoms with Gasteiger partial charge in [-0.15, -0.1) is 0 Å². The Labute approximate surface area is 115 Å². The number of urea groups is 1. The minimum absolute atomic E-state index is 0.0544. The molecule has 0 aliphatic carbocycles. The van der Waals surface area contributed by atoms with E-state index >= 15 is 0 Å². The lowest BCUT2D eigenvalue weighted by molar-refractivity contribution is -0.0521. The molecule has 20 heavy (non-hydrogen) atoms. The van der Waals surface area contributed by atoms with Crippen molar-refractivity contribution in [2.45, 2.75) is 33.4 Å². The lowest BCUT2D eigenvalue weighted by Gasteiger charge is -2.18. The number of ether oxygens (including phenoxy) is 1. The first-order chi connectivity index (χ1) is 9.29. The van der Waals surface area contributed by atoms with Crippen LogP contribution in [0, 0.1) is 11.7 Å². The topological polar surface area (TPSA) is 50.4 Å². The Kier molecular flexibility index (Phi) is 5.66. The smallest absolute Gasteiger partial charge is 0.387 e. The van der Waals surface area contributed by atoms with Crippen molar-refractivity contribution < 1.29 is 22.7 Å². The number of amides is 2. The molecule has 0 radical (unpaired) electrons. The van der Waals surface area contributed by atoms with Crippen LogP contribution in [0.3, 0.4) is 0 Å². The summed E-state index contributed by atoms with van der Waals surface area (Å²) in [6, 6.07) is 2.68. The summed E-state index contributed by atoms with van der Waals surface area (Å²) >= 11 is 0. The van der Waals surface area contributed by atoms with Crippen molar-refractivity contribution in [3.8, 4) is 5.75 Å². The first-order valence-electron chi connectivity index (χ1n) is 6.11. The van der Waals surface area contributed by atoms with Crippen molar-refractivity contribution in [3.63, 3.8) is 0 Å². The molecule has 4 nitrogen and oxygen atoms in total. The molecular weight excluding hydrogens is 273 g/mol. The Balaban J connectivity index is 2.65. The third kappa shape index (κ3) is 4.99. The van der Waals surface area contributed by atoms with Crippen LogP contribution in [-0.2, 0) is 0 Å². The summed E-state index contributed by atoms with van der Waals surface area (Å²) < 4.78 is 41.3. The second-order valence-corrected chi connectivity index (χ2v) is 4.65. The highest BCUT2D eigenvalue weighted by molar-refractivity contribution is 5.89. The molecule has 2 amide bonds. The van der Waals surface area contributed by atoms with Crippen molar-refractivity contribution in [1.82, 2.24) is 5.32 Å². The van der Waals surface area contributed by atoms with Gasteiger partial charge in [0.15, 0.2) is 11.6 Å². The largest absolute Gasteiger partial charge is 0.432 e. The van der Waals surface area contributed by atoms with E-state index in [0.29, 0.717) is 0 Å². The van der Waals surface area contributed by atoms with E-state index in [1.54, 1.807) is 0 Å². The zero-order chi connectivity index (χ0) is 15.3. The summed E-state index contributed by atoms with van der Waals surface area (Å²) in [4.78, 5) is 11.6. The standard InChI is InChI=1S/C13H17F3N2O2/c1-7(2)8(3)17-13(19)18-9-4-5-11(10(14)6-9)20-12(15)16/h4-8,12H,1-3H3,(H2,17,18,19). The average molecular weight is 290 g/mol. The van der Waals surface area contributed by atoms with Crippen molar-refractivity contribution in [2.75, 3.05) is 5.32 Å². The van der Waals surface area contributed by atoms with Gasteiger partial charge in [0.1, 0.15) is 0 Å². The Bertz CT molecular complexity index is 467. The summed E-state index contributed by atoms with van der Waals surface area (Å²) in [5, 5.41) is 5.09. The van der Waals surface area contributed by atoms with Crippen molar-refractivity contribution >= 4 is 11.7 Å². The number of halogens is 3. The third-order valence-electron chi connectivity index (χ3n) is 2.76. The van der Waals surface area contributed by atoms with E-state index in [1.807, 2.05) is 20.8 Å². The first-order valence-corrected chi connectivity index (χ1v) is 6.11. The number of benzene rings is 1. The highest BCUT2D eigenvalue weighted by Gasteiger charge is 2.13. The molecule has 7 heteroatoms. The number of rotatable bonds is 5. The lowest BCUT2D eigenvalue weighted by Crippen LogP contribution is -2.39. The van der Waals surface area contributed by atoms with Crippen LogP contribution < -0.4 is 15.4 Å². The van der Waals surface area contributed by atoms with Gasteiger partial charge in [-0.05, 0) is 25.0 Å². The summed E-state index contributed by atoms with van der Waals surface area (Å²) in [6.45, 7) is 2.63. The highest BCUT2D eigenvalue weighted by atomic mass is 19.3. The Hall–Kier alpha value is -1.92. The molecule has 1 rings (SSSR count). The molecule has 0 saturated carbocycles. The Morgan fingerprint density at radius 2 is 1.90 bits per heavy atom. The van der Waals surface area contributed by atoms with E-state index < -0.39 is 24.2 Å². The lowest BCUT2D eigenvalue weighted by atomic mass is 10.1. The van der Waals surface area contributed by atoms with Crippen LogP contribution in [-0.4, -0.2) is 18.7 Å². The van der Waals surface area contributed by atoms with Crippen LogP contribution in [0.1, 0.15) is 20.8 Å². The summed E-state index contributed by atoms with van der Waals surface area (Å²) in [6.07, 6.45) is 0. The number of hydrogen-bond donors (Lipinski definition) is 2. The maximum absolute atomic E-state index is 13.4. The van der Waals surface area contributed by atoms with E-state index in [2.05, 4.69) is 15.4 Å². The van der Waals surface area contributed by atoms with Gasteiger partial charge in [-0.1, -0.05) is 13.8 Å². The van der Waals surface area contributed by atoms with E-state index in [9.17, 15) is 18.0 Å². The van der Waals surface area contributed by atoms with Gasteiger partial charge >= 0.3 is 12.6 Å². The number of nitrogens with one attached hydrogen (secondary N) is 2. The molecule has 0 aliphatic heterocycles. The minimum Gasteiger partial charge on any atom is -0.432 e. The molecule has 1 unspecified atom stereocenters. The average Bonchev–Trinajstić information content (AvgIpc) is 2.31. The van der Waals surface area contributed by atoms with Crippen molar-refractivity contribution in [3.05, 3.63) is 24.0 Å². The van der Waals surface area contributed by atoms with E-state index in [4.69, 9.17) is 0 Å². The van der Waals surface area contributed by atoms with Gasteiger partial charge in [-0.25, -0.2) is 9.18 Å². The van der Waals surface area contributed by atoms with Gasteiger partial charge in [-0.3, -0.25) is 0 Å². The zero-order valence-electron chi connectivity index (χ0n) is 11.4. The molecule has 0 bridgehead atoms. The minimum atomic E-state index is -3.10. The van der Waals surface area contributed by atoms with Crippen LogP contribution >= 0.6 is 0 Å². The summed E-state index contributed by atoms with van der Waals surface area (Å²) in [7, 11) is 0. The first kappa shape index (κ1) is 16.1. The quantitative estimate of drug-likeness (QED) is 0.870. The van der Waals surface area contributed by atoms with Crippen LogP contribution in [0.2, 0.25) is 0 Å². The van der Waals surface area contributed by atoms with Gasteiger partial charge < -0.3 is 15.4 Å². The van der Waals surface area contributed by atoms with E-state index in [0.717, 1.165) is 12.1 Å². The van der Waals surface area contributed by atoms with Crippen LogP contribution in [0.15, 0.2) is 18.2 Å². The predicted molar refractivity (Wildman–Crippen MR) is 69.5 cm³/mol. The van der Waals surface area contributed by atoms with Gasteiger partial charge in [0.2, 0.25) is 0 Å². The fourth-order valence-electron chi connectivity index (χ4n) is 1.31. The second-order valence-electron chi connectivity index (χ2n) is 4.65. The van der Waals surface area contributed by atoms with Crippen molar-refractivity contribution in [2.24, 2.45) is 5.92 Å². The monoisotopic (exact) mass is 290 g/mol. The number of hydrogen-bond acceptors (Lipinski definition) is 2. The molecule has 0 aliphatic rings. The van der Waals surface area contributed by atoms with Crippen LogP contribution in [0.25, 0.3) is 0 Å². The molecular formula is C13H17F3N2O2. The van der Waals surface area contributed by atoms with Crippen molar-refractivity contribution in [1.29, 1.82) is 0 Å². The normalized spacial score (nSPS) is 12.4. The molecule has 0 heterocycles. The van der Waals surface area contributed by atoms with Gasteiger partial charge in [0, 0.05) is 17.8 Å². The number of carbonyl (C=O) groups excluding carboxylic acids is 1. The molecule has 112 valence electrons. The number of alkyl halides is 2. The van der Waals surface area contributed by atoms with Gasteiger partial charge in [0.05, 0.1) is 0 Å². The molecule has 1 aromatic rings. The highest BCUT2D eigenvalue weighted by Crippen LogP contribution is 2.22. The molecule has 1 aromatic carbocycles.